The first-order chi connectivity index (χ1) is 9.33. The highest BCUT2D eigenvalue weighted by Crippen LogP contribution is 2.15. The zero-order valence-corrected chi connectivity index (χ0v) is 10.8. The van der Waals surface area contributed by atoms with E-state index in [1.165, 1.54) is 11.1 Å². The molecule has 1 aromatic carbocycles. The molecule has 0 spiro atoms. The molecule has 3 aromatic rings. The zero-order valence-electron chi connectivity index (χ0n) is 10.8. The minimum atomic E-state index is 0.890. The van der Waals surface area contributed by atoms with Gasteiger partial charge in [0.2, 0.25) is 0 Å². The first kappa shape index (κ1) is 11.7. The van der Waals surface area contributed by atoms with Crippen molar-refractivity contribution in [3.8, 4) is 5.69 Å². The largest absolute Gasteiger partial charge is 0.265 e. The van der Waals surface area contributed by atoms with Crippen molar-refractivity contribution in [2.45, 2.75) is 13.3 Å². The number of aromatic nitrogens is 3. The summed E-state index contributed by atoms with van der Waals surface area (Å²) in [5.41, 5.74) is 4.66. The number of hydrogen-bond acceptors (Lipinski definition) is 2. The third-order valence-corrected chi connectivity index (χ3v) is 3.17. The van der Waals surface area contributed by atoms with E-state index >= 15 is 0 Å². The number of hydrogen-bond donors (Lipinski definition) is 0. The monoisotopic (exact) mass is 249 g/mol. The normalized spacial score (nSPS) is 10.6. The lowest BCUT2D eigenvalue weighted by Gasteiger charge is -1.99. The van der Waals surface area contributed by atoms with Gasteiger partial charge in [0, 0.05) is 25.0 Å². The van der Waals surface area contributed by atoms with Gasteiger partial charge in [0.05, 0.1) is 11.4 Å². The summed E-state index contributed by atoms with van der Waals surface area (Å²) < 4.78 is 1.94. The van der Waals surface area contributed by atoms with Crippen LogP contribution >= 0.6 is 0 Å². The quantitative estimate of drug-likeness (QED) is 0.713. The number of rotatable bonds is 3. The highest BCUT2D eigenvalue weighted by molar-refractivity contribution is 5.34. The highest BCUT2D eigenvalue weighted by Gasteiger charge is 2.06. The maximum absolute atomic E-state index is 4.58. The summed E-state index contributed by atoms with van der Waals surface area (Å²) in [6.45, 7) is 2.05. The van der Waals surface area contributed by atoms with Crippen LogP contribution in [0, 0.1) is 6.92 Å². The van der Waals surface area contributed by atoms with Crippen LogP contribution in [0.15, 0.2) is 61.1 Å². The van der Waals surface area contributed by atoms with Gasteiger partial charge in [0.25, 0.3) is 0 Å². The molecule has 0 aliphatic heterocycles. The highest BCUT2D eigenvalue weighted by atomic mass is 15.3. The third-order valence-electron chi connectivity index (χ3n) is 3.17. The minimum Gasteiger partial charge on any atom is -0.265 e. The SMILES string of the molecule is Cc1nn(-c2ccccc2)cc1Cc1ccncc1. The second kappa shape index (κ2) is 5.06. The Labute approximate surface area is 112 Å². The fourth-order valence-electron chi connectivity index (χ4n) is 2.10. The molecule has 19 heavy (non-hydrogen) atoms. The number of pyridine rings is 1. The molecular formula is C16H15N3. The Morgan fingerprint density at radius 3 is 2.47 bits per heavy atom. The molecule has 0 bridgehead atoms. The van der Waals surface area contributed by atoms with Crippen molar-refractivity contribution < 1.29 is 0 Å². The Balaban J connectivity index is 1.90. The molecular weight excluding hydrogens is 234 g/mol. The molecule has 0 fully saturated rings. The minimum absolute atomic E-state index is 0.890. The summed E-state index contributed by atoms with van der Waals surface area (Å²) in [7, 11) is 0. The number of aryl methyl sites for hydroxylation is 1. The predicted octanol–water partition coefficient (Wildman–Crippen LogP) is 3.17. The third kappa shape index (κ3) is 2.55. The average Bonchev–Trinajstić information content (AvgIpc) is 2.82. The van der Waals surface area contributed by atoms with Gasteiger partial charge in [-0.3, -0.25) is 4.98 Å². The van der Waals surface area contributed by atoms with Crippen molar-refractivity contribution in [1.82, 2.24) is 14.8 Å². The van der Waals surface area contributed by atoms with Gasteiger partial charge in [-0.2, -0.15) is 5.10 Å². The van der Waals surface area contributed by atoms with Gasteiger partial charge in [0.1, 0.15) is 0 Å². The maximum Gasteiger partial charge on any atom is 0.0645 e. The molecule has 94 valence electrons. The van der Waals surface area contributed by atoms with Crippen LogP contribution in [0.5, 0.6) is 0 Å². The standard InChI is InChI=1S/C16H15N3/c1-13-15(11-14-7-9-17-10-8-14)12-19(18-13)16-5-3-2-4-6-16/h2-10,12H,11H2,1H3. The molecule has 0 saturated carbocycles. The van der Waals surface area contributed by atoms with Crippen LogP contribution in [0.1, 0.15) is 16.8 Å². The lowest BCUT2D eigenvalue weighted by atomic mass is 10.1. The van der Waals surface area contributed by atoms with Gasteiger partial charge >= 0.3 is 0 Å². The molecule has 0 atom stereocenters. The van der Waals surface area contributed by atoms with Crippen molar-refractivity contribution in [2.75, 3.05) is 0 Å². The Morgan fingerprint density at radius 1 is 1.00 bits per heavy atom. The second-order valence-corrected chi connectivity index (χ2v) is 4.55. The Bertz CT molecular complexity index is 657. The molecule has 0 radical (unpaired) electrons. The average molecular weight is 249 g/mol. The van der Waals surface area contributed by atoms with Crippen molar-refractivity contribution in [3.05, 3.63) is 77.9 Å². The van der Waals surface area contributed by atoms with Crippen molar-refractivity contribution in [3.63, 3.8) is 0 Å². The van der Waals surface area contributed by atoms with E-state index in [1.807, 2.05) is 47.4 Å². The molecule has 0 saturated heterocycles. The topological polar surface area (TPSA) is 30.7 Å². The summed E-state index contributed by atoms with van der Waals surface area (Å²) in [4.78, 5) is 4.04. The first-order valence-corrected chi connectivity index (χ1v) is 6.32. The number of para-hydroxylation sites is 1. The van der Waals surface area contributed by atoms with E-state index in [2.05, 4.69) is 35.3 Å². The van der Waals surface area contributed by atoms with Crippen LogP contribution in [-0.2, 0) is 6.42 Å². The molecule has 3 nitrogen and oxygen atoms in total. The molecule has 3 heteroatoms. The van der Waals surface area contributed by atoms with Crippen LogP contribution in [0.2, 0.25) is 0 Å². The van der Waals surface area contributed by atoms with Gasteiger partial charge in [-0.1, -0.05) is 18.2 Å². The summed E-state index contributed by atoms with van der Waals surface area (Å²) in [5.74, 6) is 0. The smallest absolute Gasteiger partial charge is 0.0645 e. The second-order valence-electron chi connectivity index (χ2n) is 4.55. The fourth-order valence-corrected chi connectivity index (χ4v) is 2.10. The van der Waals surface area contributed by atoms with Crippen LogP contribution in [0.3, 0.4) is 0 Å². The molecule has 0 aliphatic rings. The van der Waals surface area contributed by atoms with Crippen LogP contribution in [0.4, 0.5) is 0 Å². The Morgan fingerprint density at radius 2 is 1.74 bits per heavy atom. The van der Waals surface area contributed by atoms with E-state index in [9.17, 15) is 0 Å². The van der Waals surface area contributed by atoms with E-state index in [0.717, 1.165) is 17.8 Å². The summed E-state index contributed by atoms with van der Waals surface area (Å²) in [6, 6.07) is 14.3. The fraction of sp³-hybridized carbons (Fsp3) is 0.125. The molecule has 3 rings (SSSR count). The molecule has 0 aliphatic carbocycles. The molecule has 2 aromatic heterocycles. The zero-order chi connectivity index (χ0) is 13.1. The molecule has 0 unspecified atom stereocenters. The lowest BCUT2D eigenvalue weighted by Crippen LogP contribution is -1.93. The van der Waals surface area contributed by atoms with Crippen LogP contribution in [-0.4, -0.2) is 14.8 Å². The van der Waals surface area contributed by atoms with E-state index < -0.39 is 0 Å². The predicted molar refractivity (Wildman–Crippen MR) is 75.3 cm³/mol. The van der Waals surface area contributed by atoms with Gasteiger partial charge in [-0.05, 0) is 42.3 Å². The first-order valence-electron chi connectivity index (χ1n) is 6.32. The molecule has 2 heterocycles. The molecule has 0 amide bonds. The number of nitrogens with zero attached hydrogens (tertiary/aromatic N) is 3. The van der Waals surface area contributed by atoms with Gasteiger partial charge in [0.15, 0.2) is 0 Å². The van der Waals surface area contributed by atoms with Crippen LogP contribution < -0.4 is 0 Å². The van der Waals surface area contributed by atoms with E-state index in [0.29, 0.717) is 0 Å². The Kier molecular flexibility index (Phi) is 3.11. The Hall–Kier alpha value is -2.42. The van der Waals surface area contributed by atoms with E-state index in [4.69, 9.17) is 0 Å². The van der Waals surface area contributed by atoms with Gasteiger partial charge in [-0.15, -0.1) is 0 Å². The number of benzene rings is 1. The summed E-state index contributed by atoms with van der Waals surface area (Å²) >= 11 is 0. The van der Waals surface area contributed by atoms with Crippen molar-refractivity contribution in [2.24, 2.45) is 0 Å². The lowest BCUT2D eigenvalue weighted by molar-refractivity contribution is 0.863. The van der Waals surface area contributed by atoms with Crippen molar-refractivity contribution in [1.29, 1.82) is 0 Å². The van der Waals surface area contributed by atoms with Crippen molar-refractivity contribution >= 4 is 0 Å². The van der Waals surface area contributed by atoms with Gasteiger partial charge in [-0.25, -0.2) is 4.68 Å². The molecule has 0 N–H and O–H groups in total. The maximum atomic E-state index is 4.58. The van der Waals surface area contributed by atoms with Gasteiger partial charge < -0.3 is 0 Å². The summed E-state index contributed by atoms with van der Waals surface area (Å²) in [6.07, 6.45) is 6.64. The van der Waals surface area contributed by atoms with E-state index in [1.54, 1.807) is 0 Å². The summed E-state index contributed by atoms with van der Waals surface area (Å²) in [5, 5.41) is 4.58. The van der Waals surface area contributed by atoms with Crippen LogP contribution in [0.25, 0.3) is 5.69 Å². The van der Waals surface area contributed by atoms with E-state index in [-0.39, 0.29) is 0 Å².